The largest absolute Gasteiger partial charge is 0.573 e. The van der Waals surface area contributed by atoms with Gasteiger partial charge in [-0.25, -0.2) is 0 Å². The van der Waals surface area contributed by atoms with E-state index in [0.29, 0.717) is 17.4 Å². The highest BCUT2D eigenvalue weighted by Crippen LogP contribution is 2.56. The number of aliphatic hydroxyl groups excluding tert-OH is 2. The first-order valence-corrected chi connectivity index (χ1v) is 13.4. The number of likely N-dealkylation sites (tertiary alicyclic amines) is 1. The van der Waals surface area contributed by atoms with Gasteiger partial charge in [-0.15, -0.1) is 13.2 Å². The predicted molar refractivity (Wildman–Crippen MR) is 140 cm³/mol. The van der Waals surface area contributed by atoms with Crippen LogP contribution < -0.4 is 10.5 Å². The first kappa shape index (κ1) is 29.9. The molecule has 0 aromatic heterocycles. The van der Waals surface area contributed by atoms with Gasteiger partial charge in [-0.2, -0.15) is 0 Å². The molecule has 0 bridgehead atoms. The molecule has 1 amide bonds. The number of phenolic OH excluding ortho intramolecular Hbond substituents is 1. The van der Waals surface area contributed by atoms with Gasteiger partial charge in [0, 0.05) is 29.9 Å². The summed E-state index contributed by atoms with van der Waals surface area (Å²) in [4.78, 5) is 40.6. The van der Waals surface area contributed by atoms with Gasteiger partial charge in [-0.05, 0) is 38.9 Å². The number of benzene rings is 1. The number of nitrogens with zero attached hydrogens (tertiary/aromatic N) is 2. The molecule has 5 unspecified atom stereocenters. The normalized spacial score (nSPS) is 30.8. The van der Waals surface area contributed by atoms with Crippen molar-refractivity contribution < 1.29 is 57.2 Å². The van der Waals surface area contributed by atoms with Crippen LogP contribution in [0.3, 0.4) is 0 Å². The predicted octanol–water partition coefficient (Wildman–Crippen LogP) is 1.77. The van der Waals surface area contributed by atoms with E-state index in [1.165, 1.54) is 19.0 Å². The molecular weight excluding hydrogens is 563 g/mol. The molecule has 0 spiro atoms. The smallest absolute Gasteiger partial charge is 0.508 e. The number of hydrogen-bond acceptors (Lipinski definition) is 9. The van der Waals surface area contributed by atoms with E-state index >= 15 is 0 Å². The number of phenols is 1. The molecule has 228 valence electrons. The molecule has 5 rings (SSSR count). The van der Waals surface area contributed by atoms with Crippen molar-refractivity contribution in [3.8, 4) is 11.5 Å². The van der Waals surface area contributed by atoms with Crippen LogP contribution in [0, 0.1) is 11.8 Å². The van der Waals surface area contributed by atoms with Crippen molar-refractivity contribution in [3.05, 3.63) is 39.7 Å². The highest BCUT2D eigenvalue weighted by Gasteiger charge is 2.64. The van der Waals surface area contributed by atoms with Gasteiger partial charge < -0.3 is 35.4 Å². The van der Waals surface area contributed by atoms with Crippen LogP contribution in [0.15, 0.2) is 23.0 Å². The minimum Gasteiger partial charge on any atom is -0.508 e. The molecule has 5 atom stereocenters. The van der Waals surface area contributed by atoms with Crippen molar-refractivity contribution in [2.75, 3.05) is 34.7 Å². The SMILES string of the molecule is CN(C)C1C(=O)C(C(N)=O)=C(O)C2(O)C(=O)C3=C(O)c4c(O)cc(C5CCC[N+]5(C)C)c(OC(F)(F)F)c4CC3CC12. The summed E-state index contributed by atoms with van der Waals surface area (Å²) in [6, 6.07) is -0.681. The zero-order chi connectivity index (χ0) is 31.3. The Labute approximate surface area is 238 Å². The van der Waals surface area contributed by atoms with Crippen LogP contribution in [-0.2, 0) is 20.8 Å². The second kappa shape index (κ2) is 9.44. The third-order valence-corrected chi connectivity index (χ3v) is 9.33. The zero-order valence-electron chi connectivity index (χ0n) is 23.4. The van der Waals surface area contributed by atoms with Crippen molar-refractivity contribution in [3.63, 3.8) is 0 Å². The Morgan fingerprint density at radius 2 is 1.83 bits per heavy atom. The van der Waals surface area contributed by atoms with Gasteiger partial charge in [0.1, 0.15) is 34.6 Å². The molecule has 11 nitrogen and oxygen atoms in total. The van der Waals surface area contributed by atoms with Crippen molar-refractivity contribution in [2.24, 2.45) is 17.6 Å². The van der Waals surface area contributed by atoms with Gasteiger partial charge in [0.15, 0.2) is 11.4 Å². The molecule has 1 heterocycles. The number of ether oxygens (including phenoxy) is 1. The van der Waals surface area contributed by atoms with E-state index in [0.717, 1.165) is 12.5 Å². The van der Waals surface area contributed by atoms with Gasteiger partial charge in [0.2, 0.25) is 5.78 Å². The van der Waals surface area contributed by atoms with Gasteiger partial charge >= 0.3 is 6.36 Å². The summed E-state index contributed by atoms with van der Waals surface area (Å²) in [6.07, 6.45) is -4.46. The molecular formula is C28H33F3N3O8+. The molecule has 1 saturated carbocycles. The Bertz CT molecular complexity index is 1480. The fourth-order valence-electron chi connectivity index (χ4n) is 7.53. The molecule has 42 heavy (non-hydrogen) atoms. The number of fused-ring (bicyclic) bond motifs is 3. The number of aromatic hydroxyl groups is 1. The fourth-order valence-corrected chi connectivity index (χ4v) is 7.53. The van der Waals surface area contributed by atoms with Crippen molar-refractivity contribution in [2.45, 2.75) is 49.7 Å². The molecule has 1 aromatic rings. The lowest BCUT2D eigenvalue weighted by Gasteiger charge is -2.50. The van der Waals surface area contributed by atoms with E-state index < -0.39 is 93.1 Å². The van der Waals surface area contributed by atoms with E-state index in [1.54, 1.807) is 0 Å². The van der Waals surface area contributed by atoms with Gasteiger partial charge in [0.05, 0.1) is 37.8 Å². The molecule has 1 aromatic carbocycles. The topological polar surface area (TPSA) is 171 Å². The molecule has 2 fully saturated rings. The Balaban J connectivity index is 1.76. The number of carbonyl (C=O) groups excluding carboxylic acids is 3. The van der Waals surface area contributed by atoms with Crippen LogP contribution in [0.4, 0.5) is 13.2 Å². The number of quaternary nitrogens is 1. The molecule has 0 radical (unpaired) electrons. The number of primary amides is 1. The van der Waals surface area contributed by atoms with Crippen molar-refractivity contribution >= 4 is 23.2 Å². The number of aliphatic hydroxyl groups is 3. The maximum Gasteiger partial charge on any atom is 0.573 e. The highest BCUT2D eigenvalue weighted by molar-refractivity contribution is 6.24. The van der Waals surface area contributed by atoms with Crippen molar-refractivity contribution in [1.82, 2.24) is 4.90 Å². The third-order valence-electron chi connectivity index (χ3n) is 9.33. The summed E-state index contributed by atoms with van der Waals surface area (Å²) in [5, 5.41) is 45.0. The standard InChI is InChI=1S/C28H32F3N3O8/c1-33(2)20-14-9-11-8-13-18(21(36)17(11)24(38)27(14,41)25(39)19(22(20)37)26(32)40)16(35)10-12(23(13)42-28(29,30)31)15-6-5-7-34(15,3)4/h10-11,14-15,20,41H,5-9H2,1-4H3,(H4-,32,35,36,37,38,39,40)/p+1. The lowest BCUT2D eigenvalue weighted by Crippen LogP contribution is -2.65. The van der Waals surface area contributed by atoms with Crippen molar-refractivity contribution in [1.29, 1.82) is 0 Å². The number of likely N-dealkylation sites (N-methyl/N-ethyl adjacent to an activating group) is 1. The minimum absolute atomic E-state index is 0.103. The van der Waals surface area contributed by atoms with Crippen LogP contribution in [0.5, 0.6) is 11.5 Å². The van der Waals surface area contributed by atoms with E-state index in [2.05, 4.69) is 4.74 Å². The number of hydrogen-bond donors (Lipinski definition) is 5. The molecule has 14 heteroatoms. The van der Waals surface area contributed by atoms with E-state index in [1.807, 2.05) is 14.1 Å². The fraction of sp³-hybridized carbons (Fsp3) is 0.536. The number of carbonyl (C=O) groups is 3. The van der Waals surface area contributed by atoms with Crippen LogP contribution >= 0.6 is 0 Å². The molecule has 1 aliphatic heterocycles. The second-order valence-corrected chi connectivity index (χ2v) is 12.3. The van der Waals surface area contributed by atoms with Crippen LogP contribution in [0.25, 0.3) is 5.76 Å². The summed E-state index contributed by atoms with van der Waals surface area (Å²) in [5.41, 5.74) is 0.522. The first-order valence-electron chi connectivity index (χ1n) is 13.4. The minimum atomic E-state index is -5.12. The summed E-state index contributed by atoms with van der Waals surface area (Å²) >= 11 is 0. The highest BCUT2D eigenvalue weighted by atomic mass is 19.4. The molecule has 4 aliphatic rings. The Hall–Kier alpha value is -3.62. The Kier molecular flexibility index (Phi) is 6.71. The number of halogens is 3. The zero-order valence-corrected chi connectivity index (χ0v) is 23.4. The van der Waals surface area contributed by atoms with Gasteiger partial charge in [-0.1, -0.05) is 0 Å². The summed E-state index contributed by atoms with van der Waals surface area (Å²) in [7, 11) is 6.61. The van der Waals surface area contributed by atoms with E-state index in [9.17, 15) is 48.0 Å². The van der Waals surface area contributed by atoms with Crippen LogP contribution in [-0.4, -0.2) is 100 Å². The third kappa shape index (κ3) is 4.18. The Morgan fingerprint density at radius 3 is 2.36 bits per heavy atom. The summed E-state index contributed by atoms with van der Waals surface area (Å²) in [6.45, 7) is 0.672. The first-order chi connectivity index (χ1) is 19.3. The molecule has 1 saturated heterocycles. The molecule has 3 aliphatic carbocycles. The van der Waals surface area contributed by atoms with E-state index in [4.69, 9.17) is 5.73 Å². The number of amides is 1. The molecule has 6 N–H and O–H groups in total. The average Bonchev–Trinajstić information content (AvgIpc) is 3.20. The quantitative estimate of drug-likeness (QED) is 0.257. The number of nitrogens with two attached hydrogens (primary N) is 1. The number of alkyl halides is 3. The van der Waals surface area contributed by atoms with E-state index in [-0.39, 0.29) is 24.0 Å². The van der Waals surface area contributed by atoms with Gasteiger partial charge in [0.25, 0.3) is 5.91 Å². The van der Waals surface area contributed by atoms with Crippen LogP contribution in [0.2, 0.25) is 0 Å². The maximum atomic E-state index is 13.9. The summed E-state index contributed by atoms with van der Waals surface area (Å²) in [5.74, 6) is -9.24. The Morgan fingerprint density at radius 1 is 1.19 bits per heavy atom. The lowest BCUT2D eigenvalue weighted by atomic mass is 9.57. The summed E-state index contributed by atoms with van der Waals surface area (Å²) < 4.78 is 46.3. The van der Waals surface area contributed by atoms with Gasteiger partial charge in [-0.3, -0.25) is 19.3 Å². The average molecular weight is 597 g/mol. The monoisotopic (exact) mass is 596 g/mol. The van der Waals surface area contributed by atoms with Crippen LogP contribution in [0.1, 0.15) is 42.0 Å². The maximum absolute atomic E-state index is 13.9. The number of rotatable bonds is 4. The number of Topliss-reactive ketones (excluding diaryl/α,β-unsaturated/α-hetero) is 2. The second-order valence-electron chi connectivity index (χ2n) is 12.3. The number of ketones is 2. The lowest BCUT2D eigenvalue weighted by molar-refractivity contribution is -0.908.